The van der Waals surface area contributed by atoms with E-state index in [-0.39, 0.29) is 0 Å². The molecule has 0 unspecified atom stereocenters. The lowest BCUT2D eigenvalue weighted by Gasteiger charge is -2.03. The zero-order valence-corrected chi connectivity index (χ0v) is 8.07. The molecule has 0 spiro atoms. The molecule has 0 amide bonds. The molecule has 0 saturated carbocycles. The van der Waals surface area contributed by atoms with Crippen LogP contribution >= 0.6 is 15.9 Å². The lowest BCUT2D eigenvalue weighted by molar-refractivity contribution is -0.138. The summed E-state index contributed by atoms with van der Waals surface area (Å²) in [5.74, 6) is -1.05. The predicted octanol–water partition coefficient (Wildman–Crippen LogP) is 2.32. The highest BCUT2D eigenvalue weighted by atomic mass is 79.9. The molecule has 0 radical (unpaired) electrons. The minimum Gasteiger partial charge on any atom is -0.481 e. The fraction of sp³-hybridized carbons (Fsp3) is 0.833. The van der Waals surface area contributed by atoms with Gasteiger partial charge in [-0.2, -0.15) is 0 Å². The third kappa shape index (κ3) is 4.98. The molecule has 0 aliphatic carbocycles. The standard InChI is InChI=1S/C6H10BrN3O2/c7-4-2-1-3-5(6(11)12)9-10-8/h5H,1-4H2,(H,11,12)/t5-/m0/s1. The highest BCUT2D eigenvalue weighted by molar-refractivity contribution is 9.09. The Morgan fingerprint density at radius 1 is 1.67 bits per heavy atom. The number of nitrogens with zero attached hydrogens (tertiary/aromatic N) is 3. The second-order valence-corrected chi connectivity index (χ2v) is 3.04. The second-order valence-electron chi connectivity index (χ2n) is 2.24. The van der Waals surface area contributed by atoms with Gasteiger partial charge in [-0.05, 0) is 18.4 Å². The zero-order chi connectivity index (χ0) is 9.40. The molecule has 0 rings (SSSR count). The van der Waals surface area contributed by atoms with Crippen molar-refractivity contribution >= 4 is 21.9 Å². The number of carbonyl (C=O) groups is 1. The summed E-state index contributed by atoms with van der Waals surface area (Å²) in [4.78, 5) is 12.9. The maximum absolute atomic E-state index is 10.4. The molecule has 0 aromatic carbocycles. The predicted molar refractivity (Wildman–Crippen MR) is 48.2 cm³/mol. The van der Waals surface area contributed by atoms with Crippen LogP contribution < -0.4 is 0 Å². The molecule has 0 aliphatic rings. The van der Waals surface area contributed by atoms with Crippen molar-refractivity contribution in [3.8, 4) is 0 Å². The minimum absolute atomic E-state index is 0.408. The number of carboxylic acids is 1. The Morgan fingerprint density at radius 2 is 2.33 bits per heavy atom. The van der Waals surface area contributed by atoms with Crippen molar-refractivity contribution in [1.29, 1.82) is 0 Å². The first-order valence-electron chi connectivity index (χ1n) is 3.55. The molecule has 6 heteroatoms. The van der Waals surface area contributed by atoms with Gasteiger partial charge in [-0.15, -0.1) is 0 Å². The maximum Gasteiger partial charge on any atom is 0.312 e. The van der Waals surface area contributed by atoms with Crippen molar-refractivity contribution in [3.63, 3.8) is 0 Å². The van der Waals surface area contributed by atoms with Crippen molar-refractivity contribution in [1.82, 2.24) is 0 Å². The molecule has 1 N–H and O–H groups in total. The Bertz CT molecular complexity index is 189. The summed E-state index contributed by atoms with van der Waals surface area (Å²) >= 11 is 3.22. The normalized spacial score (nSPS) is 11.8. The van der Waals surface area contributed by atoms with Gasteiger partial charge in [0, 0.05) is 10.2 Å². The summed E-state index contributed by atoms with van der Waals surface area (Å²) in [7, 11) is 0. The number of rotatable bonds is 6. The van der Waals surface area contributed by atoms with E-state index >= 15 is 0 Å². The van der Waals surface area contributed by atoms with Crippen LogP contribution in [0.1, 0.15) is 19.3 Å². The van der Waals surface area contributed by atoms with Gasteiger partial charge in [0.15, 0.2) is 0 Å². The van der Waals surface area contributed by atoms with Crippen molar-refractivity contribution in [2.24, 2.45) is 5.11 Å². The Hall–Kier alpha value is -0.740. The number of aliphatic carboxylic acids is 1. The Labute approximate surface area is 78.5 Å². The quantitative estimate of drug-likeness (QED) is 0.252. The number of azide groups is 1. The summed E-state index contributed by atoms with van der Waals surface area (Å²) in [5, 5.41) is 12.5. The van der Waals surface area contributed by atoms with Crippen LogP contribution in [0.4, 0.5) is 0 Å². The molecular weight excluding hydrogens is 226 g/mol. The third-order valence-corrected chi connectivity index (χ3v) is 1.90. The van der Waals surface area contributed by atoms with Crippen LogP contribution in [0.25, 0.3) is 10.4 Å². The van der Waals surface area contributed by atoms with Gasteiger partial charge in [-0.25, -0.2) is 0 Å². The summed E-state index contributed by atoms with van der Waals surface area (Å²) in [6, 6.07) is -0.908. The SMILES string of the molecule is [N-]=[N+]=N[C@@H](CCCCBr)C(=O)O. The third-order valence-electron chi connectivity index (χ3n) is 1.34. The Balaban J connectivity index is 3.79. The number of halogens is 1. The van der Waals surface area contributed by atoms with E-state index in [0.717, 1.165) is 18.2 Å². The molecule has 0 aliphatic heterocycles. The van der Waals surface area contributed by atoms with Crippen LogP contribution in [0.15, 0.2) is 5.11 Å². The molecule has 5 nitrogen and oxygen atoms in total. The number of unbranched alkanes of at least 4 members (excludes halogenated alkanes) is 1. The summed E-state index contributed by atoms with van der Waals surface area (Å²) in [6.45, 7) is 0. The maximum atomic E-state index is 10.4. The van der Waals surface area contributed by atoms with E-state index in [1.54, 1.807) is 0 Å². The molecule has 0 aromatic heterocycles. The summed E-state index contributed by atoms with van der Waals surface area (Å²) in [6.07, 6.45) is 2.05. The summed E-state index contributed by atoms with van der Waals surface area (Å²) in [5.41, 5.74) is 8.03. The van der Waals surface area contributed by atoms with Crippen molar-refractivity contribution in [3.05, 3.63) is 10.4 Å². The van der Waals surface area contributed by atoms with Crippen LogP contribution in [-0.4, -0.2) is 22.4 Å². The van der Waals surface area contributed by atoms with Crippen molar-refractivity contribution < 1.29 is 9.90 Å². The van der Waals surface area contributed by atoms with E-state index < -0.39 is 12.0 Å². The van der Waals surface area contributed by atoms with Crippen LogP contribution in [0.5, 0.6) is 0 Å². The van der Waals surface area contributed by atoms with E-state index in [9.17, 15) is 4.79 Å². The average Bonchev–Trinajstić information content (AvgIpc) is 2.03. The smallest absolute Gasteiger partial charge is 0.312 e. The fourth-order valence-corrected chi connectivity index (χ4v) is 1.12. The molecular formula is C6H10BrN3O2. The van der Waals surface area contributed by atoms with Crippen molar-refractivity contribution in [2.75, 3.05) is 5.33 Å². The van der Waals surface area contributed by atoms with E-state index in [1.165, 1.54) is 0 Å². The minimum atomic E-state index is -1.05. The van der Waals surface area contributed by atoms with E-state index in [0.29, 0.717) is 6.42 Å². The number of carboxylic acid groups (broad SMARTS) is 1. The van der Waals surface area contributed by atoms with Gasteiger partial charge in [-0.3, -0.25) is 4.79 Å². The molecule has 68 valence electrons. The van der Waals surface area contributed by atoms with Crippen LogP contribution in [-0.2, 0) is 4.79 Å². The van der Waals surface area contributed by atoms with E-state index in [2.05, 4.69) is 26.0 Å². The topological polar surface area (TPSA) is 86.1 Å². The lowest BCUT2D eigenvalue weighted by atomic mass is 10.1. The van der Waals surface area contributed by atoms with Gasteiger partial charge >= 0.3 is 5.97 Å². The molecule has 1 atom stereocenters. The van der Waals surface area contributed by atoms with Gasteiger partial charge in [0.2, 0.25) is 0 Å². The molecule has 0 saturated heterocycles. The van der Waals surface area contributed by atoms with Gasteiger partial charge < -0.3 is 5.11 Å². The average molecular weight is 236 g/mol. The van der Waals surface area contributed by atoms with Crippen LogP contribution in [0.2, 0.25) is 0 Å². The first-order valence-corrected chi connectivity index (χ1v) is 4.67. The first kappa shape index (κ1) is 11.3. The van der Waals surface area contributed by atoms with Gasteiger partial charge in [0.25, 0.3) is 0 Å². The fourth-order valence-electron chi connectivity index (χ4n) is 0.725. The molecule has 0 bridgehead atoms. The second kappa shape index (κ2) is 6.94. The summed E-state index contributed by atoms with van der Waals surface area (Å²) < 4.78 is 0. The van der Waals surface area contributed by atoms with Gasteiger partial charge in [-0.1, -0.05) is 27.5 Å². The van der Waals surface area contributed by atoms with Gasteiger partial charge in [0.05, 0.1) is 0 Å². The zero-order valence-electron chi connectivity index (χ0n) is 6.48. The van der Waals surface area contributed by atoms with E-state index in [4.69, 9.17) is 10.6 Å². The molecule has 0 heterocycles. The van der Waals surface area contributed by atoms with Crippen LogP contribution in [0, 0.1) is 0 Å². The highest BCUT2D eigenvalue weighted by Crippen LogP contribution is 2.06. The van der Waals surface area contributed by atoms with Crippen molar-refractivity contribution in [2.45, 2.75) is 25.3 Å². The van der Waals surface area contributed by atoms with E-state index in [1.807, 2.05) is 0 Å². The highest BCUT2D eigenvalue weighted by Gasteiger charge is 2.13. The monoisotopic (exact) mass is 235 g/mol. The number of hydrogen-bond acceptors (Lipinski definition) is 2. The van der Waals surface area contributed by atoms with Crippen LogP contribution in [0.3, 0.4) is 0 Å². The number of hydrogen-bond donors (Lipinski definition) is 1. The Kier molecular flexibility index (Phi) is 6.51. The largest absolute Gasteiger partial charge is 0.481 e. The van der Waals surface area contributed by atoms with Gasteiger partial charge in [0.1, 0.15) is 6.04 Å². The first-order chi connectivity index (χ1) is 5.72. The number of alkyl halides is 1. The molecule has 0 aromatic rings. The Morgan fingerprint density at radius 3 is 2.75 bits per heavy atom. The molecule has 12 heavy (non-hydrogen) atoms. The molecule has 0 fully saturated rings. The lowest BCUT2D eigenvalue weighted by Crippen LogP contribution is -2.16.